The highest BCUT2D eigenvalue weighted by Crippen LogP contribution is 1.99. The van der Waals surface area contributed by atoms with Gasteiger partial charge in [0.15, 0.2) is 0 Å². The molecule has 0 aromatic heterocycles. The van der Waals surface area contributed by atoms with E-state index in [0.29, 0.717) is 13.1 Å². The lowest BCUT2D eigenvalue weighted by Crippen LogP contribution is -2.42. The normalized spacial score (nSPS) is 20.9. The minimum absolute atomic E-state index is 0.228. The molecular weight excluding hydrogens is 172 g/mol. The molecule has 74 valence electrons. The van der Waals surface area contributed by atoms with Gasteiger partial charge in [0.05, 0.1) is 6.10 Å². The maximum Gasteiger partial charge on any atom is 0.311 e. The summed E-state index contributed by atoms with van der Waals surface area (Å²) in [6.45, 7) is 2.88. The largest absolute Gasteiger partial charge is 0.392 e. The number of hydrogen-bond acceptors (Lipinski definition) is 3. The van der Waals surface area contributed by atoms with Gasteiger partial charge in [-0.25, -0.2) is 0 Å². The van der Waals surface area contributed by atoms with Gasteiger partial charge in [-0.1, -0.05) is 0 Å². The van der Waals surface area contributed by atoms with Crippen molar-refractivity contribution in [2.24, 2.45) is 0 Å². The molecule has 2 amide bonds. The Morgan fingerprint density at radius 1 is 1.62 bits per heavy atom. The number of nitrogens with one attached hydrogen (secondary N) is 1. The lowest BCUT2D eigenvalue weighted by atomic mass is 10.3. The quantitative estimate of drug-likeness (QED) is 0.527. The number of nitrogens with zero attached hydrogens (tertiary/aromatic N) is 1. The van der Waals surface area contributed by atoms with Crippen LogP contribution < -0.4 is 5.32 Å². The Hall–Kier alpha value is -1.10. The third kappa shape index (κ3) is 2.69. The second kappa shape index (κ2) is 4.23. The summed E-state index contributed by atoms with van der Waals surface area (Å²) < 4.78 is 0. The summed E-state index contributed by atoms with van der Waals surface area (Å²) in [6, 6.07) is 0. The van der Waals surface area contributed by atoms with E-state index < -0.39 is 17.9 Å². The number of hydrogen-bond donors (Lipinski definition) is 2. The van der Waals surface area contributed by atoms with Gasteiger partial charge in [0, 0.05) is 19.6 Å². The summed E-state index contributed by atoms with van der Waals surface area (Å²) in [5.74, 6) is -1.11. The first-order chi connectivity index (χ1) is 6.11. The molecule has 1 atom stereocenters. The number of rotatable bonds is 2. The molecule has 0 bridgehead atoms. The summed E-state index contributed by atoms with van der Waals surface area (Å²) in [7, 11) is 0. The number of β-amino-alcohol motifs (C(OH)–C–C–N with tert-alkyl or cyclic N) is 1. The van der Waals surface area contributed by atoms with Gasteiger partial charge in [-0.05, 0) is 13.3 Å². The Balaban J connectivity index is 2.59. The van der Waals surface area contributed by atoms with Crippen LogP contribution in [0, 0.1) is 0 Å². The van der Waals surface area contributed by atoms with Crippen LogP contribution in [0.3, 0.4) is 0 Å². The number of carbonyl (C=O) groups is 2. The summed E-state index contributed by atoms with van der Waals surface area (Å²) in [5, 5.41) is 11.6. The van der Waals surface area contributed by atoms with E-state index in [-0.39, 0.29) is 6.54 Å². The molecule has 0 radical (unpaired) electrons. The fourth-order valence-corrected chi connectivity index (χ4v) is 1.29. The van der Waals surface area contributed by atoms with E-state index >= 15 is 0 Å². The second-order valence-electron chi connectivity index (χ2n) is 3.21. The third-order valence-electron chi connectivity index (χ3n) is 1.86. The van der Waals surface area contributed by atoms with E-state index in [2.05, 4.69) is 5.32 Å². The van der Waals surface area contributed by atoms with Crippen molar-refractivity contribution in [2.45, 2.75) is 19.4 Å². The Morgan fingerprint density at radius 3 is 2.92 bits per heavy atom. The van der Waals surface area contributed by atoms with E-state index in [1.165, 1.54) is 4.90 Å². The first-order valence-corrected chi connectivity index (χ1v) is 4.36. The van der Waals surface area contributed by atoms with Crippen molar-refractivity contribution in [2.75, 3.05) is 19.6 Å². The molecule has 0 aromatic carbocycles. The Morgan fingerprint density at radius 2 is 2.31 bits per heavy atom. The van der Waals surface area contributed by atoms with Crippen molar-refractivity contribution in [1.29, 1.82) is 0 Å². The molecule has 0 spiro atoms. The van der Waals surface area contributed by atoms with E-state index in [4.69, 9.17) is 5.11 Å². The maximum absolute atomic E-state index is 11.3. The summed E-state index contributed by atoms with van der Waals surface area (Å²) in [6.07, 6.45) is 0.152. The highest BCUT2D eigenvalue weighted by Gasteiger charge is 2.24. The third-order valence-corrected chi connectivity index (χ3v) is 1.86. The summed E-state index contributed by atoms with van der Waals surface area (Å²) >= 11 is 0. The van der Waals surface area contributed by atoms with E-state index in [0.717, 1.165) is 6.42 Å². The Bertz CT molecular complexity index is 215. The molecule has 0 saturated carbocycles. The van der Waals surface area contributed by atoms with Gasteiger partial charge in [0.1, 0.15) is 0 Å². The molecule has 2 N–H and O–H groups in total. The van der Waals surface area contributed by atoms with Gasteiger partial charge in [-0.15, -0.1) is 0 Å². The van der Waals surface area contributed by atoms with Gasteiger partial charge in [0.25, 0.3) is 0 Å². The Kier molecular flexibility index (Phi) is 3.25. The van der Waals surface area contributed by atoms with Crippen LogP contribution in [0.4, 0.5) is 0 Å². The number of aliphatic hydroxyl groups is 1. The molecule has 0 aliphatic carbocycles. The monoisotopic (exact) mass is 186 g/mol. The SMILES string of the molecule is CC(O)CN1CCCNC(=O)C1=O. The fourth-order valence-electron chi connectivity index (χ4n) is 1.29. The van der Waals surface area contributed by atoms with Crippen LogP contribution in [0.15, 0.2) is 0 Å². The Labute approximate surface area is 76.7 Å². The lowest BCUT2D eigenvalue weighted by Gasteiger charge is -2.20. The highest BCUT2D eigenvalue weighted by molar-refractivity contribution is 6.35. The van der Waals surface area contributed by atoms with E-state index in [1.54, 1.807) is 6.92 Å². The average molecular weight is 186 g/mol. The second-order valence-corrected chi connectivity index (χ2v) is 3.21. The van der Waals surface area contributed by atoms with Crippen LogP contribution in [0.1, 0.15) is 13.3 Å². The molecular formula is C8H14N2O3. The van der Waals surface area contributed by atoms with Crippen LogP contribution in [-0.4, -0.2) is 47.6 Å². The van der Waals surface area contributed by atoms with Crippen molar-refractivity contribution in [3.8, 4) is 0 Å². The van der Waals surface area contributed by atoms with Crippen LogP contribution in [-0.2, 0) is 9.59 Å². The van der Waals surface area contributed by atoms with Gasteiger partial charge in [-0.2, -0.15) is 0 Å². The molecule has 1 aliphatic rings. The average Bonchev–Trinajstić information content (AvgIpc) is 2.19. The zero-order chi connectivity index (χ0) is 9.84. The predicted molar refractivity (Wildman–Crippen MR) is 45.9 cm³/mol. The fraction of sp³-hybridized carbons (Fsp3) is 0.750. The van der Waals surface area contributed by atoms with E-state index in [1.807, 2.05) is 0 Å². The molecule has 1 fully saturated rings. The molecule has 1 rings (SSSR count). The predicted octanol–water partition coefficient (Wildman–Crippen LogP) is -1.28. The number of amides is 2. The molecule has 1 saturated heterocycles. The van der Waals surface area contributed by atoms with Crippen molar-refractivity contribution < 1.29 is 14.7 Å². The van der Waals surface area contributed by atoms with Gasteiger partial charge in [-0.3, -0.25) is 9.59 Å². The maximum atomic E-state index is 11.3. The molecule has 1 aliphatic heterocycles. The van der Waals surface area contributed by atoms with Crippen LogP contribution in [0.25, 0.3) is 0 Å². The number of aliphatic hydroxyl groups excluding tert-OH is 1. The smallest absolute Gasteiger partial charge is 0.311 e. The first-order valence-electron chi connectivity index (χ1n) is 4.36. The van der Waals surface area contributed by atoms with Crippen LogP contribution in [0.5, 0.6) is 0 Å². The van der Waals surface area contributed by atoms with Crippen LogP contribution >= 0.6 is 0 Å². The van der Waals surface area contributed by atoms with Crippen molar-refractivity contribution in [1.82, 2.24) is 10.2 Å². The lowest BCUT2D eigenvalue weighted by molar-refractivity contribution is -0.145. The van der Waals surface area contributed by atoms with Crippen molar-refractivity contribution in [3.63, 3.8) is 0 Å². The summed E-state index contributed by atoms with van der Waals surface area (Å²) in [4.78, 5) is 23.7. The van der Waals surface area contributed by atoms with Gasteiger partial charge < -0.3 is 15.3 Å². The van der Waals surface area contributed by atoms with Crippen molar-refractivity contribution >= 4 is 11.8 Å². The molecule has 1 unspecified atom stereocenters. The highest BCUT2D eigenvalue weighted by atomic mass is 16.3. The minimum Gasteiger partial charge on any atom is -0.392 e. The zero-order valence-electron chi connectivity index (χ0n) is 7.62. The van der Waals surface area contributed by atoms with Crippen LogP contribution in [0.2, 0.25) is 0 Å². The van der Waals surface area contributed by atoms with Gasteiger partial charge in [0.2, 0.25) is 0 Å². The molecule has 0 aromatic rings. The molecule has 5 heteroatoms. The zero-order valence-corrected chi connectivity index (χ0v) is 7.62. The molecule has 5 nitrogen and oxygen atoms in total. The topological polar surface area (TPSA) is 69.6 Å². The molecule has 1 heterocycles. The van der Waals surface area contributed by atoms with E-state index in [9.17, 15) is 9.59 Å². The van der Waals surface area contributed by atoms with Crippen molar-refractivity contribution in [3.05, 3.63) is 0 Å². The molecule has 13 heavy (non-hydrogen) atoms. The van der Waals surface area contributed by atoms with Gasteiger partial charge >= 0.3 is 11.8 Å². The first kappa shape index (κ1) is 9.98. The number of carbonyl (C=O) groups excluding carboxylic acids is 2. The summed E-state index contributed by atoms with van der Waals surface area (Å²) in [5.41, 5.74) is 0. The standard InChI is InChI=1S/C8H14N2O3/c1-6(11)5-10-4-2-3-9-7(12)8(10)13/h6,11H,2-5H2,1H3,(H,9,12). The minimum atomic E-state index is -0.588.